The van der Waals surface area contributed by atoms with Crippen molar-refractivity contribution in [1.29, 1.82) is 0 Å². The van der Waals surface area contributed by atoms with Gasteiger partial charge >= 0.3 is 0 Å². The summed E-state index contributed by atoms with van der Waals surface area (Å²) in [6.07, 6.45) is 2.38. The van der Waals surface area contributed by atoms with Crippen LogP contribution in [0.2, 0.25) is 0 Å². The first kappa shape index (κ1) is 15.8. The third-order valence-corrected chi connectivity index (χ3v) is 5.04. The van der Waals surface area contributed by atoms with Gasteiger partial charge < -0.3 is 5.11 Å². The number of hydrogen-bond acceptors (Lipinski definition) is 6. The summed E-state index contributed by atoms with van der Waals surface area (Å²) < 4.78 is 0. The lowest BCUT2D eigenvalue weighted by Crippen LogP contribution is -2.68. The molecule has 1 saturated heterocycles. The zero-order valence-corrected chi connectivity index (χ0v) is 12.3. The van der Waals surface area contributed by atoms with E-state index < -0.39 is 11.1 Å². The molecular formula is C13H21N3O5. The van der Waals surface area contributed by atoms with Crippen molar-refractivity contribution in [2.75, 3.05) is 19.7 Å². The van der Waals surface area contributed by atoms with E-state index in [0.717, 1.165) is 0 Å². The fourth-order valence-electron chi connectivity index (χ4n) is 3.58. The number of aliphatic hydroxyl groups excluding tert-OH is 1. The van der Waals surface area contributed by atoms with Crippen LogP contribution < -0.4 is 0 Å². The van der Waals surface area contributed by atoms with Crippen LogP contribution in [-0.4, -0.2) is 56.7 Å². The molecule has 1 fully saturated rings. The Kier molecular flexibility index (Phi) is 4.03. The van der Waals surface area contributed by atoms with Crippen molar-refractivity contribution in [3.8, 4) is 0 Å². The van der Waals surface area contributed by atoms with Crippen molar-refractivity contribution in [3.05, 3.63) is 31.9 Å². The van der Waals surface area contributed by atoms with Crippen LogP contribution in [0.25, 0.3) is 0 Å². The van der Waals surface area contributed by atoms with E-state index in [1.165, 1.54) is 0 Å². The Morgan fingerprint density at radius 2 is 2.05 bits per heavy atom. The quantitative estimate of drug-likeness (QED) is 0.457. The van der Waals surface area contributed by atoms with Crippen LogP contribution in [0.4, 0.5) is 0 Å². The Labute approximate surface area is 122 Å². The highest BCUT2D eigenvalue weighted by Gasteiger charge is 2.65. The van der Waals surface area contributed by atoms with Gasteiger partial charge in [-0.3, -0.25) is 25.1 Å². The largest absolute Gasteiger partial charge is 0.395 e. The molecule has 0 aromatic carbocycles. The SMILES string of the molecule is CC[C@@H](CO)N1C[C@@]2([N+](=O)[O-])CC=C(C)[C@]([N+](=O)[O-])(C1)C2. The third kappa shape index (κ3) is 2.32. The highest BCUT2D eigenvalue weighted by atomic mass is 16.6. The lowest BCUT2D eigenvalue weighted by Gasteiger charge is -2.47. The summed E-state index contributed by atoms with van der Waals surface area (Å²) in [4.78, 5) is 24.2. The van der Waals surface area contributed by atoms with E-state index in [2.05, 4.69) is 0 Å². The second-order valence-electron chi connectivity index (χ2n) is 6.19. The van der Waals surface area contributed by atoms with Gasteiger partial charge in [0.1, 0.15) is 0 Å². The van der Waals surface area contributed by atoms with Gasteiger partial charge in [-0.15, -0.1) is 0 Å². The normalized spacial score (nSPS) is 34.1. The Bertz CT molecular complexity index is 490. The van der Waals surface area contributed by atoms with Crippen LogP contribution in [0.1, 0.15) is 33.1 Å². The molecule has 2 rings (SSSR count). The number of likely N-dealkylation sites (tertiary alicyclic amines) is 1. The van der Waals surface area contributed by atoms with Gasteiger partial charge in [0.2, 0.25) is 5.54 Å². The predicted octanol–water partition coefficient (Wildman–Crippen LogP) is 0.844. The molecule has 0 aromatic heterocycles. The number of nitro groups is 2. The van der Waals surface area contributed by atoms with Crippen LogP contribution >= 0.6 is 0 Å². The third-order valence-electron chi connectivity index (χ3n) is 5.04. The first-order chi connectivity index (χ1) is 9.81. The minimum absolute atomic E-state index is 0.0688. The van der Waals surface area contributed by atoms with Gasteiger partial charge in [0, 0.05) is 27.9 Å². The van der Waals surface area contributed by atoms with Crippen LogP contribution in [0.15, 0.2) is 11.6 Å². The zero-order valence-electron chi connectivity index (χ0n) is 12.3. The Balaban J connectivity index is 2.49. The molecule has 8 nitrogen and oxygen atoms in total. The molecule has 1 aliphatic heterocycles. The van der Waals surface area contributed by atoms with Gasteiger partial charge in [-0.05, 0) is 13.3 Å². The van der Waals surface area contributed by atoms with Crippen molar-refractivity contribution >= 4 is 0 Å². The molecule has 0 radical (unpaired) electrons. The van der Waals surface area contributed by atoms with E-state index in [1.54, 1.807) is 17.9 Å². The predicted molar refractivity (Wildman–Crippen MR) is 75.2 cm³/mol. The fourth-order valence-corrected chi connectivity index (χ4v) is 3.58. The summed E-state index contributed by atoms with van der Waals surface area (Å²) in [7, 11) is 0. The highest BCUT2D eigenvalue weighted by molar-refractivity contribution is 5.25. The van der Waals surface area contributed by atoms with Gasteiger partial charge in [-0.25, -0.2) is 0 Å². The Hall–Kier alpha value is -1.54. The lowest BCUT2D eigenvalue weighted by molar-refractivity contribution is -0.622. The lowest BCUT2D eigenvalue weighted by atomic mass is 9.68. The van der Waals surface area contributed by atoms with Gasteiger partial charge in [0.15, 0.2) is 0 Å². The van der Waals surface area contributed by atoms with E-state index in [1.807, 2.05) is 6.92 Å². The standard InChI is InChI=1S/C13H21N3O5/c1-3-11(6-17)14-8-12(15(18)19)5-4-10(2)13(7-12,9-14)16(20)21/h4,11,17H,3,5-9H2,1-2H3/t11-,12+,13+/m0/s1. The minimum atomic E-state index is -1.41. The molecule has 0 aromatic rings. The molecular weight excluding hydrogens is 278 g/mol. The van der Waals surface area contributed by atoms with Gasteiger partial charge in [-0.2, -0.15) is 0 Å². The van der Waals surface area contributed by atoms with Crippen molar-refractivity contribution in [1.82, 2.24) is 4.90 Å². The topological polar surface area (TPSA) is 110 Å². The summed E-state index contributed by atoms with van der Waals surface area (Å²) >= 11 is 0. The van der Waals surface area contributed by atoms with Crippen LogP contribution in [0.3, 0.4) is 0 Å². The molecule has 1 aliphatic carbocycles. The number of nitrogens with zero attached hydrogens (tertiary/aromatic N) is 3. The molecule has 118 valence electrons. The fraction of sp³-hybridized carbons (Fsp3) is 0.846. The monoisotopic (exact) mass is 299 g/mol. The number of piperidine rings is 1. The summed E-state index contributed by atoms with van der Waals surface area (Å²) in [6.45, 7) is 3.66. The zero-order chi connectivity index (χ0) is 15.8. The number of fused-ring (bicyclic) bond motifs is 2. The first-order valence-corrected chi connectivity index (χ1v) is 7.12. The van der Waals surface area contributed by atoms with Crippen molar-refractivity contribution < 1.29 is 15.0 Å². The van der Waals surface area contributed by atoms with E-state index in [0.29, 0.717) is 12.0 Å². The van der Waals surface area contributed by atoms with E-state index >= 15 is 0 Å². The first-order valence-electron chi connectivity index (χ1n) is 7.12. The van der Waals surface area contributed by atoms with Crippen LogP contribution in [0, 0.1) is 20.2 Å². The molecule has 0 amide bonds. The van der Waals surface area contributed by atoms with Gasteiger partial charge in [0.05, 0.1) is 26.1 Å². The second-order valence-corrected chi connectivity index (χ2v) is 6.19. The van der Waals surface area contributed by atoms with E-state index in [4.69, 9.17) is 0 Å². The minimum Gasteiger partial charge on any atom is -0.395 e. The highest BCUT2D eigenvalue weighted by Crippen LogP contribution is 2.44. The van der Waals surface area contributed by atoms with E-state index in [-0.39, 0.29) is 48.4 Å². The summed E-state index contributed by atoms with van der Waals surface area (Å²) in [5.41, 5.74) is -2.15. The number of aliphatic hydroxyl groups is 1. The maximum absolute atomic E-state index is 11.7. The number of hydrogen-bond donors (Lipinski definition) is 1. The van der Waals surface area contributed by atoms with Crippen molar-refractivity contribution in [2.24, 2.45) is 0 Å². The molecule has 3 atom stereocenters. The second kappa shape index (κ2) is 5.34. The van der Waals surface area contributed by atoms with Gasteiger partial charge in [0.25, 0.3) is 5.54 Å². The molecule has 0 saturated carbocycles. The van der Waals surface area contributed by atoms with Crippen molar-refractivity contribution in [2.45, 2.75) is 50.2 Å². The summed E-state index contributed by atoms with van der Waals surface area (Å²) in [6, 6.07) is -0.283. The molecule has 1 heterocycles. The molecule has 21 heavy (non-hydrogen) atoms. The smallest absolute Gasteiger partial charge is 0.262 e. The maximum atomic E-state index is 11.7. The summed E-state index contributed by atoms with van der Waals surface area (Å²) in [5.74, 6) is 0. The molecule has 8 heteroatoms. The molecule has 2 bridgehead atoms. The maximum Gasteiger partial charge on any atom is 0.262 e. The Morgan fingerprint density at radius 3 is 2.52 bits per heavy atom. The molecule has 2 aliphatic rings. The summed E-state index contributed by atoms with van der Waals surface area (Å²) in [5, 5.41) is 32.7. The van der Waals surface area contributed by atoms with Crippen molar-refractivity contribution in [3.63, 3.8) is 0 Å². The average Bonchev–Trinajstić information content (AvgIpc) is 2.44. The van der Waals surface area contributed by atoms with Crippen LogP contribution in [-0.2, 0) is 0 Å². The molecule has 1 N–H and O–H groups in total. The van der Waals surface area contributed by atoms with Crippen LogP contribution in [0.5, 0.6) is 0 Å². The molecule has 0 unspecified atom stereocenters. The average molecular weight is 299 g/mol. The Morgan fingerprint density at radius 1 is 1.38 bits per heavy atom. The molecule has 0 spiro atoms. The van der Waals surface area contributed by atoms with Gasteiger partial charge in [-0.1, -0.05) is 13.0 Å². The van der Waals surface area contributed by atoms with E-state index in [9.17, 15) is 25.3 Å². The number of rotatable bonds is 5.